The molecule has 6 nitrogen and oxygen atoms in total. The molecule has 0 heterocycles. The average Bonchev–Trinajstić information content (AvgIpc) is 3.48. The van der Waals surface area contributed by atoms with Crippen LogP contribution in [0.25, 0.3) is 0 Å². The van der Waals surface area contributed by atoms with Gasteiger partial charge in [0.05, 0.1) is 13.2 Å². The predicted octanol–water partition coefficient (Wildman–Crippen LogP) is 2.63. The van der Waals surface area contributed by atoms with Crippen LogP contribution in [0.2, 0.25) is 0 Å². The van der Waals surface area contributed by atoms with Gasteiger partial charge < -0.3 is 20.3 Å². The number of carbonyl (C=O) groups excluding carboxylic acids is 1. The maximum absolute atomic E-state index is 12.0. The highest BCUT2D eigenvalue weighted by Crippen LogP contribution is 2.28. The lowest BCUT2D eigenvalue weighted by Gasteiger charge is -2.22. The molecule has 0 bridgehead atoms. The van der Waals surface area contributed by atoms with Gasteiger partial charge in [0.25, 0.3) is 0 Å². The largest absolute Gasteiger partial charge is 0.379 e. The summed E-state index contributed by atoms with van der Waals surface area (Å²) < 4.78 is 5.68. The molecule has 0 aromatic heterocycles. The summed E-state index contributed by atoms with van der Waals surface area (Å²) >= 11 is 0. The van der Waals surface area contributed by atoms with Gasteiger partial charge in [-0.15, -0.1) is 24.0 Å². The lowest BCUT2D eigenvalue weighted by atomic mass is 10.2. The first kappa shape index (κ1) is 23.7. The maximum atomic E-state index is 12.0. The molecule has 1 saturated carbocycles. The van der Waals surface area contributed by atoms with E-state index < -0.39 is 0 Å². The molecule has 1 fully saturated rings. The van der Waals surface area contributed by atoms with E-state index in [-0.39, 0.29) is 29.9 Å². The molecule has 2 N–H and O–H groups in total. The molecule has 0 radical (unpaired) electrons. The first-order valence-electron chi connectivity index (χ1n) is 9.57. The molecule has 1 amide bonds. The highest BCUT2D eigenvalue weighted by molar-refractivity contribution is 14.0. The molecule has 7 heteroatoms. The molecule has 1 aromatic rings. The molecule has 1 aliphatic carbocycles. The van der Waals surface area contributed by atoms with Gasteiger partial charge in [-0.25, -0.2) is 0 Å². The van der Waals surface area contributed by atoms with Crippen molar-refractivity contribution in [1.82, 2.24) is 15.5 Å². The smallest absolute Gasteiger partial charge is 0.222 e. The van der Waals surface area contributed by atoms with E-state index in [9.17, 15) is 4.79 Å². The minimum Gasteiger partial charge on any atom is -0.379 e. The minimum absolute atomic E-state index is 0. The Labute approximate surface area is 180 Å². The van der Waals surface area contributed by atoms with E-state index in [0.717, 1.165) is 37.1 Å². The van der Waals surface area contributed by atoms with Gasteiger partial charge in [-0.3, -0.25) is 9.79 Å². The number of likely N-dealkylation sites (N-methyl/N-ethyl adjacent to an activating group) is 1. The lowest BCUT2D eigenvalue weighted by Crippen LogP contribution is -2.40. The Hall–Kier alpha value is -1.35. The highest BCUT2D eigenvalue weighted by Gasteiger charge is 2.21. The number of halogens is 1. The van der Waals surface area contributed by atoms with Gasteiger partial charge >= 0.3 is 0 Å². The predicted molar refractivity (Wildman–Crippen MR) is 120 cm³/mol. The number of hydrogen-bond acceptors (Lipinski definition) is 3. The highest BCUT2D eigenvalue weighted by atomic mass is 127. The van der Waals surface area contributed by atoms with Crippen molar-refractivity contribution in [2.24, 2.45) is 10.9 Å². The van der Waals surface area contributed by atoms with Crippen LogP contribution in [0.1, 0.15) is 31.7 Å². The van der Waals surface area contributed by atoms with Gasteiger partial charge in [0, 0.05) is 39.7 Å². The zero-order valence-electron chi connectivity index (χ0n) is 16.4. The van der Waals surface area contributed by atoms with Crippen LogP contribution in [0.15, 0.2) is 35.3 Å². The second-order valence-electron chi connectivity index (χ2n) is 6.69. The van der Waals surface area contributed by atoms with Crippen LogP contribution in [0.5, 0.6) is 0 Å². The Kier molecular flexibility index (Phi) is 12.1. The first-order valence-corrected chi connectivity index (χ1v) is 9.57. The number of hydrogen-bond donors (Lipinski definition) is 2. The number of aliphatic imine (C=N–C) groups is 1. The first-order chi connectivity index (χ1) is 12.7. The molecular weight excluding hydrogens is 455 g/mol. The van der Waals surface area contributed by atoms with Gasteiger partial charge in [-0.05, 0) is 31.2 Å². The summed E-state index contributed by atoms with van der Waals surface area (Å²) in [5.41, 5.74) is 1.10. The lowest BCUT2D eigenvalue weighted by molar-refractivity contribution is -0.121. The third-order valence-electron chi connectivity index (χ3n) is 4.25. The van der Waals surface area contributed by atoms with Gasteiger partial charge in [0.1, 0.15) is 0 Å². The standard InChI is InChI=1S/C20H32N4O2.HI/c1-3-21-20(24(2)13-14-26-16-18-9-10-18)22-12-11-19(25)23-15-17-7-5-4-6-8-17;/h4-8,18H,3,9-16H2,1-2H3,(H,21,22)(H,23,25);1H. The summed E-state index contributed by atoms with van der Waals surface area (Å²) in [6.45, 7) is 6.24. The fourth-order valence-corrected chi connectivity index (χ4v) is 2.46. The number of carbonyl (C=O) groups is 1. The molecular formula is C20H33IN4O2. The molecule has 0 spiro atoms. The summed E-state index contributed by atoms with van der Waals surface area (Å²) in [6.07, 6.45) is 3.01. The Morgan fingerprint density at radius 2 is 2.00 bits per heavy atom. The summed E-state index contributed by atoms with van der Waals surface area (Å²) in [5, 5.41) is 6.19. The topological polar surface area (TPSA) is 66.0 Å². The van der Waals surface area contributed by atoms with E-state index >= 15 is 0 Å². The van der Waals surface area contributed by atoms with Crippen molar-refractivity contribution in [3.05, 3.63) is 35.9 Å². The van der Waals surface area contributed by atoms with E-state index in [1.54, 1.807) is 0 Å². The average molecular weight is 488 g/mol. The number of amides is 1. The van der Waals surface area contributed by atoms with Crippen LogP contribution in [0.3, 0.4) is 0 Å². The van der Waals surface area contributed by atoms with Crippen LogP contribution < -0.4 is 10.6 Å². The fraction of sp³-hybridized carbons (Fsp3) is 0.600. The van der Waals surface area contributed by atoms with Crippen molar-refractivity contribution in [3.63, 3.8) is 0 Å². The van der Waals surface area contributed by atoms with Gasteiger partial charge in [0.15, 0.2) is 5.96 Å². The zero-order valence-corrected chi connectivity index (χ0v) is 18.8. The van der Waals surface area contributed by atoms with Crippen LogP contribution in [-0.4, -0.2) is 56.7 Å². The van der Waals surface area contributed by atoms with E-state index in [1.165, 1.54) is 12.8 Å². The number of guanidine groups is 1. The number of benzene rings is 1. The summed E-state index contributed by atoms with van der Waals surface area (Å²) in [5.74, 6) is 1.62. The van der Waals surface area contributed by atoms with Crippen molar-refractivity contribution in [2.45, 2.75) is 32.7 Å². The maximum Gasteiger partial charge on any atom is 0.222 e. The summed E-state index contributed by atoms with van der Waals surface area (Å²) in [7, 11) is 2.00. The Balaban J connectivity index is 0.00000364. The number of ether oxygens (including phenoxy) is 1. The van der Waals surface area contributed by atoms with Crippen LogP contribution in [0.4, 0.5) is 0 Å². The molecule has 0 atom stereocenters. The normalized spacial score (nSPS) is 13.6. The molecule has 0 unspecified atom stereocenters. The van der Waals surface area contributed by atoms with E-state index in [0.29, 0.717) is 26.1 Å². The number of nitrogens with zero attached hydrogens (tertiary/aromatic N) is 2. The van der Waals surface area contributed by atoms with Crippen LogP contribution >= 0.6 is 24.0 Å². The van der Waals surface area contributed by atoms with Gasteiger partial charge in [-0.2, -0.15) is 0 Å². The molecule has 0 saturated heterocycles. The zero-order chi connectivity index (χ0) is 18.6. The minimum atomic E-state index is 0. The molecule has 1 aliphatic rings. The SMILES string of the molecule is CCNC(=NCCC(=O)NCc1ccccc1)N(C)CCOCC1CC1.I. The quantitative estimate of drug-likeness (QED) is 0.218. The van der Waals surface area contributed by atoms with Gasteiger partial charge in [0.2, 0.25) is 5.91 Å². The Morgan fingerprint density at radius 3 is 2.67 bits per heavy atom. The third-order valence-corrected chi connectivity index (χ3v) is 4.25. The van der Waals surface area contributed by atoms with E-state index in [2.05, 4.69) is 20.5 Å². The number of nitrogens with one attached hydrogen (secondary N) is 2. The monoisotopic (exact) mass is 488 g/mol. The Morgan fingerprint density at radius 1 is 1.26 bits per heavy atom. The molecule has 152 valence electrons. The van der Waals surface area contributed by atoms with Crippen molar-refractivity contribution in [1.29, 1.82) is 0 Å². The van der Waals surface area contributed by atoms with Crippen molar-refractivity contribution in [3.8, 4) is 0 Å². The van der Waals surface area contributed by atoms with Gasteiger partial charge in [-0.1, -0.05) is 30.3 Å². The Bertz CT molecular complexity index is 564. The molecule has 2 rings (SSSR count). The third kappa shape index (κ3) is 10.5. The summed E-state index contributed by atoms with van der Waals surface area (Å²) in [6, 6.07) is 9.91. The van der Waals surface area contributed by atoms with Crippen LogP contribution in [0, 0.1) is 5.92 Å². The van der Waals surface area contributed by atoms with Crippen LogP contribution in [-0.2, 0) is 16.1 Å². The number of rotatable bonds is 11. The fourth-order valence-electron chi connectivity index (χ4n) is 2.46. The van der Waals surface area contributed by atoms with E-state index in [4.69, 9.17) is 4.74 Å². The van der Waals surface area contributed by atoms with Crippen molar-refractivity contribution >= 4 is 35.8 Å². The molecule has 27 heavy (non-hydrogen) atoms. The molecule has 1 aromatic carbocycles. The van der Waals surface area contributed by atoms with Crippen molar-refractivity contribution in [2.75, 3.05) is 39.9 Å². The second kappa shape index (κ2) is 13.8. The van der Waals surface area contributed by atoms with Crippen molar-refractivity contribution < 1.29 is 9.53 Å². The van der Waals surface area contributed by atoms with E-state index in [1.807, 2.05) is 44.3 Å². The molecule has 0 aliphatic heterocycles. The second-order valence-corrected chi connectivity index (χ2v) is 6.69. The summed E-state index contributed by atoms with van der Waals surface area (Å²) in [4.78, 5) is 18.6.